The van der Waals surface area contributed by atoms with Crippen molar-refractivity contribution >= 4 is 22.1 Å². The molecule has 178 valence electrons. The average molecular weight is 491 g/mol. The zero-order valence-electron chi connectivity index (χ0n) is 18.0. The van der Waals surface area contributed by atoms with Crippen LogP contribution in [0.4, 0.5) is 19.4 Å². The summed E-state index contributed by atoms with van der Waals surface area (Å²) in [6, 6.07) is 7.78. The molecule has 3 heterocycles. The van der Waals surface area contributed by atoms with Gasteiger partial charge >= 0.3 is 6.09 Å². The van der Waals surface area contributed by atoms with E-state index in [2.05, 4.69) is 9.97 Å². The van der Waals surface area contributed by atoms with Crippen molar-refractivity contribution in [2.45, 2.75) is 19.5 Å². The first-order chi connectivity index (χ1) is 16.2. The minimum atomic E-state index is -3.99. The van der Waals surface area contributed by atoms with E-state index in [1.54, 1.807) is 19.1 Å². The van der Waals surface area contributed by atoms with Gasteiger partial charge in [-0.15, -0.1) is 0 Å². The molecule has 1 aromatic carbocycles. The third-order valence-electron chi connectivity index (χ3n) is 5.09. The topological polar surface area (TPSA) is 123 Å². The zero-order valence-corrected chi connectivity index (χ0v) is 18.8. The minimum Gasteiger partial charge on any atom is -0.436 e. The number of pyridine rings is 2. The fourth-order valence-corrected chi connectivity index (χ4v) is 3.78. The number of hydrogen-bond acceptors (Lipinski definition) is 7. The molecule has 0 radical (unpaired) electrons. The van der Waals surface area contributed by atoms with Gasteiger partial charge in [-0.3, -0.25) is 9.62 Å². The number of aromatic nitrogens is 2. The van der Waals surface area contributed by atoms with E-state index in [0.29, 0.717) is 5.56 Å². The molecule has 0 fully saturated rings. The summed E-state index contributed by atoms with van der Waals surface area (Å²) in [5, 5.41) is 0. The predicted molar refractivity (Wildman–Crippen MR) is 116 cm³/mol. The van der Waals surface area contributed by atoms with Crippen LogP contribution in [0.3, 0.4) is 0 Å². The number of carbonyl (C=O) groups excluding carboxylic acids is 1. The molecule has 1 amide bonds. The van der Waals surface area contributed by atoms with Gasteiger partial charge in [0, 0.05) is 36.6 Å². The molecule has 0 saturated heterocycles. The standard InChI is InChI=1S/C21H19F2N5O5S/c1-12(15-7-9-25-19(18(15)23)27-34(30,31)24-2)28-11-13-5-6-14(10-17(13)33-21(28)29)32-20-16(22)4-3-8-26-20/h3-10,12,24H,11H2,1-2H3,(H,25,27)/t12-/m1/s1. The second-order valence-electron chi connectivity index (χ2n) is 7.21. The predicted octanol–water partition coefficient (Wildman–Crippen LogP) is 3.50. The van der Waals surface area contributed by atoms with E-state index in [9.17, 15) is 17.6 Å². The second-order valence-corrected chi connectivity index (χ2v) is 8.83. The zero-order chi connectivity index (χ0) is 24.5. The Morgan fingerprint density at radius 2 is 1.97 bits per heavy atom. The first-order valence-corrected chi connectivity index (χ1v) is 11.4. The molecule has 10 nitrogen and oxygen atoms in total. The van der Waals surface area contributed by atoms with Crippen LogP contribution >= 0.6 is 0 Å². The molecule has 0 aliphatic carbocycles. The van der Waals surface area contributed by atoms with Crippen LogP contribution in [0.25, 0.3) is 0 Å². The molecule has 3 aromatic rings. The van der Waals surface area contributed by atoms with Gasteiger partial charge in [-0.1, -0.05) is 0 Å². The Bertz CT molecular complexity index is 1360. The summed E-state index contributed by atoms with van der Waals surface area (Å²) >= 11 is 0. The fraction of sp³-hybridized carbons (Fsp3) is 0.190. The van der Waals surface area contributed by atoms with Gasteiger partial charge < -0.3 is 9.47 Å². The van der Waals surface area contributed by atoms with Crippen LogP contribution in [-0.2, 0) is 16.8 Å². The van der Waals surface area contributed by atoms with E-state index < -0.39 is 39.8 Å². The van der Waals surface area contributed by atoms with Gasteiger partial charge in [-0.2, -0.15) is 8.42 Å². The lowest BCUT2D eigenvalue weighted by molar-refractivity contribution is 0.118. The maximum Gasteiger partial charge on any atom is 0.416 e. The molecule has 0 bridgehead atoms. The van der Waals surface area contributed by atoms with Crippen molar-refractivity contribution in [2.24, 2.45) is 0 Å². The van der Waals surface area contributed by atoms with Crippen molar-refractivity contribution in [3.8, 4) is 17.4 Å². The SMILES string of the molecule is CNS(=O)(=O)Nc1nccc([C@@H](C)N2Cc3ccc(Oc4ncccc4F)cc3OC2=O)c1F. The summed E-state index contributed by atoms with van der Waals surface area (Å²) in [4.78, 5) is 21.5. The molecular formula is C21H19F2N5O5S. The summed E-state index contributed by atoms with van der Waals surface area (Å²) in [6.07, 6.45) is 1.85. The van der Waals surface area contributed by atoms with Crippen molar-refractivity contribution in [2.75, 3.05) is 11.8 Å². The molecule has 34 heavy (non-hydrogen) atoms. The van der Waals surface area contributed by atoms with Crippen molar-refractivity contribution in [1.29, 1.82) is 0 Å². The lowest BCUT2D eigenvalue weighted by Gasteiger charge is -2.33. The van der Waals surface area contributed by atoms with Gasteiger partial charge in [0.15, 0.2) is 17.5 Å². The van der Waals surface area contributed by atoms with Gasteiger partial charge in [0.2, 0.25) is 0 Å². The Labute approximate surface area is 193 Å². The molecule has 0 saturated carbocycles. The number of halogens is 2. The fourth-order valence-electron chi connectivity index (χ4n) is 3.28. The minimum absolute atomic E-state index is 0.0368. The van der Waals surface area contributed by atoms with Crippen LogP contribution < -0.4 is 18.9 Å². The highest BCUT2D eigenvalue weighted by molar-refractivity contribution is 7.90. The van der Waals surface area contributed by atoms with Crippen LogP contribution in [0.15, 0.2) is 48.8 Å². The van der Waals surface area contributed by atoms with E-state index in [0.717, 1.165) is 7.05 Å². The molecule has 1 aliphatic rings. The number of nitrogens with one attached hydrogen (secondary N) is 2. The Morgan fingerprint density at radius 3 is 2.71 bits per heavy atom. The van der Waals surface area contributed by atoms with Crippen LogP contribution in [0.5, 0.6) is 17.4 Å². The smallest absolute Gasteiger partial charge is 0.416 e. The molecular weight excluding hydrogens is 472 g/mol. The molecule has 1 aliphatic heterocycles. The van der Waals surface area contributed by atoms with Crippen LogP contribution in [0.1, 0.15) is 24.1 Å². The molecule has 0 unspecified atom stereocenters. The molecule has 2 aromatic heterocycles. The molecule has 4 rings (SSSR count). The van der Waals surface area contributed by atoms with Gasteiger partial charge in [-0.05, 0) is 37.3 Å². The second kappa shape index (κ2) is 9.19. The van der Waals surface area contributed by atoms with Crippen molar-refractivity contribution < 1.29 is 31.5 Å². The highest BCUT2D eigenvalue weighted by Gasteiger charge is 2.32. The van der Waals surface area contributed by atoms with Gasteiger partial charge in [0.1, 0.15) is 11.5 Å². The quantitative estimate of drug-likeness (QED) is 0.519. The molecule has 13 heteroatoms. The third-order valence-corrected chi connectivity index (χ3v) is 6.09. The molecule has 1 atom stereocenters. The summed E-state index contributed by atoms with van der Waals surface area (Å²) in [7, 11) is -2.83. The van der Waals surface area contributed by atoms with Gasteiger partial charge in [0.05, 0.1) is 12.6 Å². The maximum absolute atomic E-state index is 15.0. The van der Waals surface area contributed by atoms with Crippen molar-refractivity contribution in [3.63, 3.8) is 0 Å². The van der Waals surface area contributed by atoms with Crippen molar-refractivity contribution in [3.05, 3.63) is 71.6 Å². The van der Waals surface area contributed by atoms with Crippen molar-refractivity contribution in [1.82, 2.24) is 19.6 Å². The first kappa shape index (κ1) is 23.3. The summed E-state index contributed by atoms with van der Waals surface area (Å²) in [5.74, 6) is -1.88. The van der Waals surface area contributed by atoms with E-state index in [4.69, 9.17) is 9.47 Å². The highest BCUT2D eigenvalue weighted by Crippen LogP contribution is 2.36. The number of anilines is 1. The lowest BCUT2D eigenvalue weighted by atomic mass is 10.1. The maximum atomic E-state index is 15.0. The Hall–Kier alpha value is -3.84. The summed E-state index contributed by atoms with van der Waals surface area (Å²) in [6.45, 7) is 1.65. The summed E-state index contributed by atoms with van der Waals surface area (Å²) < 4.78 is 67.0. The Kier molecular flexibility index (Phi) is 6.30. The number of fused-ring (bicyclic) bond motifs is 1. The number of nitrogens with zero attached hydrogens (tertiary/aromatic N) is 3. The number of amides is 1. The van der Waals surface area contributed by atoms with Crippen LogP contribution in [-0.4, -0.2) is 36.4 Å². The molecule has 0 spiro atoms. The van der Waals surface area contributed by atoms with E-state index in [1.807, 2.05) is 9.44 Å². The monoisotopic (exact) mass is 491 g/mol. The van der Waals surface area contributed by atoms with E-state index in [-0.39, 0.29) is 29.5 Å². The largest absolute Gasteiger partial charge is 0.436 e. The average Bonchev–Trinajstić information content (AvgIpc) is 2.81. The van der Waals surface area contributed by atoms with Gasteiger partial charge in [0.25, 0.3) is 16.1 Å². The Morgan fingerprint density at radius 1 is 1.18 bits per heavy atom. The summed E-state index contributed by atoms with van der Waals surface area (Å²) in [5.41, 5.74) is 0.639. The van der Waals surface area contributed by atoms with Gasteiger partial charge in [-0.25, -0.2) is 28.3 Å². The number of rotatable bonds is 7. The normalized spacial score (nSPS) is 14.2. The number of benzene rings is 1. The third kappa shape index (κ3) is 4.75. The first-order valence-electron chi connectivity index (χ1n) is 9.94. The van der Waals surface area contributed by atoms with Crippen LogP contribution in [0, 0.1) is 11.6 Å². The number of carbonyl (C=O) groups is 1. The van der Waals surface area contributed by atoms with E-state index >= 15 is 4.39 Å². The molecule has 2 N–H and O–H groups in total. The number of hydrogen-bond donors (Lipinski definition) is 2. The highest BCUT2D eigenvalue weighted by atomic mass is 32.2. The van der Waals surface area contributed by atoms with Crippen LogP contribution in [0.2, 0.25) is 0 Å². The lowest BCUT2D eigenvalue weighted by Crippen LogP contribution is -2.39. The van der Waals surface area contributed by atoms with E-state index in [1.165, 1.54) is 41.6 Å². The number of ether oxygens (including phenoxy) is 2. The Balaban J connectivity index is 1.56.